The van der Waals surface area contributed by atoms with Crippen molar-refractivity contribution in [2.45, 2.75) is 19.8 Å². The molecular formula is C17H19N3. The molecule has 1 aliphatic heterocycles. The Morgan fingerprint density at radius 2 is 1.95 bits per heavy atom. The summed E-state index contributed by atoms with van der Waals surface area (Å²) < 4.78 is 0. The highest BCUT2D eigenvalue weighted by molar-refractivity contribution is 6.01. The lowest BCUT2D eigenvalue weighted by atomic mass is 9.98. The Morgan fingerprint density at radius 3 is 2.75 bits per heavy atom. The first-order valence-electron chi connectivity index (χ1n) is 6.97. The van der Waals surface area contributed by atoms with Crippen LogP contribution in [0, 0.1) is 12.3 Å². The van der Waals surface area contributed by atoms with E-state index in [1.54, 1.807) is 0 Å². The van der Waals surface area contributed by atoms with Crippen molar-refractivity contribution in [3.63, 3.8) is 0 Å². The van der Waals surface area contributed by atoms with Crippen LogP contribution >= 0.6 is 0 Å². The molecule has 0 aliphatic carbocycles. The van der Waals surface area contributed by atoms with Crippen molar-refractivity contribution in [1.82, 2.24) is 0 Å². The van der Waals surface area contributed by atoms with Crippen molar-refractivity contribution in [3.05, 3.63) is 59.2 Å². The molecule has 0 saturated carbocycles. The Bertz CT molecular complexity index is 661. The minimum absolute atomic E-state index is 0.125. The molecule has 0 bridgehead atoms. The maximum absolute atomic E-state index is 7.76. The molecule has 3 heteroatoms. The number of nitrogens with zero attached hydrogens (tertiary/aromatic N) is 1. The van der Waals surface area contributed by atoms with Gasteiger partial charge in [-0.1, -0.05) is 29.8 Å². The molecule has 0 aromatic heterocycles. The number of nitrogens with two attached hydrogens (primary N) is 1. The summed E-state index contributed by atoms with van der Waals surface area (Å²) in [5, 5.41) is 7.76. The SMILES string of the molecule is Cc1ccc2c(c1)CCCN2c1ccccc1C(=N)N. The van der Waals surface area contributed by atoms with Gasteiger partial charge in [-0.15, -0.1) is 0 Å². The van der Waals surface area contributed by atoms with Gasteiger partial charge in [0.1, 0.15) is 5.84 Å². The maximum Gasteiger partial charge on any atom is 0.124 e. The molecule has 2 aromatic carbocycles. The van der Waals surface area contributed by atoms with E-state index in [1.807, 2.05) is 24.3 Å². The van der Waals surface area contributed by atoms with Gasteiger partial charge in [-0.3, -0.25) is 5.41 Å². The minimum Gasteiger partial charge on any atom is -0.384 e. The molecule has 1 aliphatic rings. The molecule has 3 nitrogen and oxygen atoms in total. The molecule has 20 heavy (non-hydrogen) atoms. The fraction of sp³-hybridized carbons (Fsp3) is 0.235. The normalized spacial score (nSPS) is 13.9. The lowest BCUT2D eigenvalue weighted by Crippen LogP contribution is -2.27. The van der Waals surface area contributed by atoms with Gasteiger partial charge in [0.15, 0.2) is 0 Å². The highest BCUT2D eigenvalue weighted by atomic mass is 15.1. The summed E-state index contributed by atoms with van der Waals surface area (Å²) >= 11 is 0. The molecule has 1 heterocycles. The Balaban J connectivity index is 2.12. The highest BCUT2D eigenvalue weighted by Gasteiger charge is 2.20. The van der Waals surface area contributed by atoms with Crippen LogP contribution in [0.25, 0.3) is 0 Å². The molecule has 3 rings (SSSR count). The number of aryl methyl sites for hydroxylation is 2. The third-order valence-electron chi connectivity index (χ3n) is 3.84. The molecule has 0 atom stereocenters. The van der Waals surface area contributed by atoms with Gasteiger partial charge in [0.05, 0.1) is 5.69 Å². The first-order chi connectivity index (χ1) is 9.66. The molecule has 0 unspecified atom stereocenters. The molecule has 0 amide bonds. The quantitative estimate of drug-likeness (QED) is 0.646. The predicted octanol–water partition coefficient (Wildman–Crippen LogP) is 3.36. The zero-order chi connectivity index (χ0) is 14.1. The number of benzene rings is 2. The summed E-state index contributed by atoms with van der Waals surface area (Å²) in [6.07, 6.45) is 2.25. The average molecular weight is 265 g/mol. The summed E-state index contributed by atoms with van der Waals surface area (Å²) in [7, 11) is 0. The van der Waals surface area contributed by atoms with E-state index in [4.69, 9.17) is 11.1 Å². The standard InChI is InChI=1S/C17H19N3/c1-12-8-9-15-13(11-12)5-4-10-20(15)16-7-3-2-6-14(16)17(18)19/h2-3,6-9,11H,4-5,10H2,1H3,(H3,18,19). The number of rotatable bonds is 2. The van der Waals surface area contributed by atoms with Crippen LogP contribution < -0.4 is 10.6 Å². The third-order valence-corrected chi connectivity index (χ3v) is 3.84. The summed E-state index contributed by atoms with van der Waals surface area (Å²) in [5.41, 5.74) is 11.5. The van der Waals surface area contributed by atoms with Crippen molar-refractivity contribution < 1.29 is 0 Å². The van der Waals surface area contributed by atoms with Crippen LogP contribution in [0.5, 0.6) is 0 Å². The minimum atomic E-state index is 0.125. The Morgan fingerprint density at radius 1 is 1.15 bits per heavy atom. The summed E-state index contributed by atoms with van der Waals surface area (Å²) in [6.45, 7) is 3.10. The number of para-hydroxylation sites is 1. The summed E-state index contributed by atoms with van der Waals surface area (Å²) in [4.78, 5) is 2.29. The van der Waals surface area contributed by atoms with Crippen molar-refractivity contribution in [3.8, 4) is 0 Å². The van der Waals surface area contributed by atoms with E-state index in [9.17, 15) is 0 Å². The smallest absolute Gasteiger partial charge is 0.124 e. The van der Waals surface area contributed by atoms with Crippen molar-refractivity contribution >= 4 is 17.2 Å². The van der Waals surface area contributed by atoms with Crippen LogP contribution in [0.3, 0.4) is 0 Å². The monoisotopic (exact) mass is 265 g/mol. The lowest BCUT2D eigenvalue weighted by Gasteiger charge is -2.33. The van der Waals surface area contributed by atoms with E-state index in [0.29, 0.717) is 0 Å². The average Bonchev–Trinajstić information content (AvgIpc) is 2.46. The molecule has 2 aromatic rings. The van der Waals surface area contributed by atoms with E-state index in [2.05, 4.69) is 30.0 Å². The molecule has 102 valence electrons. The van der Waals surface area contributed by atoms with E-state index in [0.717, 1.165) is 30.6 Å². The summed E-state index contributed by atoms with van der Waals surface area (Å²) in [5.74, 6) is 0.125. The van der Waals surface area contributed by atoms with Crippen molar-refractivity contribution in [1.29, 1.82) is 5.41 Å². The first-order valence-corrected chi connectivity index (χ1v) is 6.97. The van der Waals surface area contributed by atoms with E-state index in [-0.39, 0.29) is 5.84 Å². The van der Waals surface area contributed by atoms with Gasteiger partial charge < -0.3 is 10.6 Å². The largest absolute Gasteiger partial charge is 0.384 e. The van der Waals surface area contributed by atoms with Crippen molar-refractivity contribution in [2.75, 3.05) is 11.4 Å². The number of amidine groups is 1. The van der Waals surface area contributed by atoms with Gasteiger partial charge in [-0.2, -0.15) is 0 Å². The highest BCUT2D eigenvalue weighted by Crippen LogP contribution is 2.35. The maximum atomic E-state index is 7.76. The molecule has 0 radical (unpaired) electrons. The van der Waals surface area contributed by atoms with Gasteiger partial charge in [0.25, 0.3) is 0 Å². The van der Waals surface area contributed by atoms with Gasteiger partial charge in [0, 0.05) is 17.8 Å². The number of nitrogen functional groups attached to an aromatic ring is 1. The topological polar surface area (TPSA) is 53.1 Å². The molecule has 3 N–H and O–H groups in total. The fourth-order valence-corrected chi connectivity index (χ4v) is 2.91. The van der Waals surface area contributed by atoms with Crippen LogP contribution in [-0.2, 0) is 6.42 Å². The number of hydrogen-bond donors (Lipinski definition) is 2. The molecular weight excluding hydrogens is 246 g/mol. The van der Waals surface area contributed by atoms with Crippen LogP contribution in [0.2, 0.25) is 0 Å². The second kappa shape index (κ2) is 5.00. The molecule has 0 saturated heterocycles. The zero-order valence-electron chi connectivity index (χ0n) is 11.7. The summed E-state index contributed by atoms with van der Waals surface area (Å²) in [6, 6.07) is 14.5. The number of fused-ring (bicyclic) bond motifs is 1. The van der Waals surface area contributed by atoms with Gasteiger partial charge in [-0.05, 0) is 43.5 Å². The van der Waals surface area contributed by atoms with E-state index >= 15 is 0 Å². The first kappa shape index (κ1) is 12.7. The van der Waals surface area contributed by atoms with Gasteiger partial charge in [-0.25, -0.2) is 0 Å². The number of nitrogens with one attached hydrogen (secondary N) is 1. The van der Waals surface area contributed by atoms with Crippen LogP contribution in [0.1, 0.15) is 23.1 Å². The van der Waals surface area contributed by atoms with E-state index < -0.39 is 0 Å². The Kier molecular flexibility index (Phi) is 3.18. The Labute approximate surface area is 119 Å². The zero-order valence-corrected chi connectivity index (χ0v) is 11.7. The fourth-order valence-electron chi connectivity index (χ4n) is 2.91. The third kappa shape index (κ3) is 2.16. The molecule has 0 fully saturated rings. The number of anilines is 2. The van der Waals surface area contributed by atoms with Crippen LogP contribution in [0.15, 0.2) is 42.5 Å². The predicted molar refractivity (Wildman–Crippen MR) is 84.0 cm³/mol. The van der Waals surface area contributed by atoms with Crippen LogP contribution in [-0.4, -0.2) is 12.4 Å². The van der Waals surface area contributed by atoms with Crippen LogP contribution in [0.4, 0.5) is 11.4 Å². The Hall–Kier alpha value is -2.29. The van der Waals surface area contributed by atoms with Gasteiger partial charge in [0.2, 0.25) is 0 Å². The second-order valence-electron chi connectivity index (χ2n) is 5.32. The second-order valence-corrected chi connectivity index (χ2v) is 5.32. The van der Waals surface area contributed by atoms with Crippen molar-refractivity contribution in [2.24, 2.45) is 5.73 Å². The van der Waals surface area contributed by atoms with Gasteiger partial charge >= 0.3 is 0 Å². The van der Waals surface area contributed by atoms with E-state index in [1.165, 1.54) is 16.8 Å². The molecule has 0 spiro atoms. The number of hydrogen-bond acceptors (Lipinski definition) is 2. The lowest BCUT2D eigenvalue weighted by molar-refractivity contribution is 0.765.